The van der Waals surface area contributed by atoms with E-state index in [1.54, 1.807) is 24.3 Å². The number of carbonyl (C=O) groups is 1. The third-order valence-corrected chi connectivity index (χ3v) is 2.95. The first-order chi connectivity index (χ1) is 10.1. The van der Waals surface area contributed by atoms with Gasteiger partial charge >= 0.3 is 0 Å². The van der Waals surface area contributed by atoms with E-state index >= 15 is 0 Å². The van der Waals surface area contributed by atoms with Gasteiger partial charge in [0.15, 0.2) is 0 Å². The van der Waals surface area contributed by atoms with Gasteiger partial charge < -0.3 is 9.90 Å². The highest BCUT2D eigenvalue weighted by Crippen LogP contribution is 2.11. The second kappa shape index (κ2) is 6.65. The van der Waals surface area contributed by atoms with Crippen LogP contribution in [0.25, 0.3) is 0 Å². The van der Waals surface area contributed by atoms with Gasteiger partial charge in [0.1, 0.15) is 5.82 Å². The third-order valence-electron chi connectivity index (χ3n) is 2.95. The van der Waals surface area contributed by atoms with Gasteiger partial charge in [-0.2, -0.15) is 5.10 Å². The molecule has 0 bridgehead atoms. The summed E-state index contributed by atoms with van der Waals surface area (Å²) in [6.07, 6.45) is 0.676. The SMILES string of the molecule is CC/C(=N/Nc1ccc(C(=O)[O-])cc1)c1ccc(F)cc1. The minimum Gasteiger partial charge on any atom is -0.545 e. The van der Waals surface area contributed by atoms with Crippen LogP contribution in [0, 0.1) is 5.82 Å². The van der Waals surface area contributed by atoms with Crippen molar-refractivity contribution >= 4 is 17.4 Å². The Labute approximate surface area is 121 Å². The third kappa shape index (κ3) is 3.89. The Morgan fingerprint density at radius 2 is 1.67 bits per heavy atom. The van der Waals surface area contributed by atoms with Crippen molar-refractivity contribution in [3.05, 3.63) is 65.5 Å². The number of carboxylic acids is 1. The highest BCUT2D eigenvalue weighted by molar-refractivity contribution is 6.00. The number of rotatable bonds is 5. The molecule has 0 radical (unpaired) electrons. The fourth-order valence-corrected chi connectivity index (χ4v) is 1.80. The number of hydrazone groups is 1. The van der Waals surface area contributed by atoms with Crippen LogP contribution >= 0.6 is 0 Å². The van der Waals surface area contributed by atoms with Crippen LogP contribution in [0.15, 0.2) is 53.6 Å². The van der Waals surface area contributed by atoms with Crippen LogP contribution in [-0.2, 0) is 0 Å². The first-order valence-electron chi connectivity index (χ1n) is 6.50. The van der Waals surface area contributed by atoms with E-state index in [0.29, 0.717) is 12.1 Å². The molecule has 0 aliphatic heterocycles. The van der Waals surface area contributed by atoms with E-state index in [1.807, 2.05) is 6.92 Å². The molecule has 0 fully saturated rings. The van der Waals surface area contributed by atoms with Gasteiger partial charge in [0.05, 0.1) is 17.4 Å². The van der Waals surface area contributed by atoms with E-state index < -0.39 is 5.97 Å². The van der Waals surface area contributed by atoms with E-state index in [2.05, 4.69) is 10.5 Å². The van der Waals surface area contributed by atoms with Crippen LogP contribution in [0.5, 0.6) is 0 Å². The molecule has 0 heterocycles. The van der Waals surface area contributed by atoms with Gasteiger partial charge in [0.2, 0.25) is 0 Å². The maximum Gasteiger partial charge on any atom is 0.123 e. The molecule has 2 aromatic rings. The molecule has 5 heteroatoms. The van der Waals surface area contributed by atoms with Gasteiger partial charge in [-0.3, -0.25) is 5.43 Å². The van der Waals surface area contributed by atoms with Crippen LogP contribution in [0.3, 0.4) is 0 Å². The topological polar surface area (TPSA) is 64.5 Å². The average molecular weight is 285 g/mol. The Hall–Kier alpha value is -2.69. The number of hydrogen-bond acceptors (Lipinski definition) is 4. The van der Waals surface area contributed by atoms with Crippen molar-refractivity contribution in [1.29, 1.82) is 0 Å². The van der Waals surface area contributed by atoms with Crippen molar-refractivity contribution in [2.45, 2.75) is 13.3 Å². The quantitative estimate of drug-likeness (QED) is 0.677. The van der Waals surface area contributed by atoms with Crippen molar-refractivity contribution in [1.82, 2.24) is 0 Å². The Bertz CT molecular complexity index is 649. The summed E-state index contributed by atoms with van der Waals surface area (Å²) in [6.45, 7) is 1.95. The molecule has 4 nitrogen and oxygen atoms in total. The fourth-order valence-electron chi connectivity index (χ4n) is 1.80. The average Bonchev–Trinajstić information content (AvgIpc) is 2.50. The van der Waals surface area contributed by atoms with Crippen LogP contribution in [-0.4, -0.2) is 11.7 Å². The monoisotopic (exact) mass is 285 g/mol. The molecule has 0 saturated heterocycles. The lowest BCUT2D eigenvalue weighted by atomic mass is 10.1. The van der Waals surface area contributed by atoms with Crippen LogP contribution < -0.4 is 10.5 Å². The summed E-state index contributed by atoms with van der Waals surface area (Å²) in [5, 5.41) is 14.9. The summed E-state index contributed by atoms with van der Waals surface area (Å²) in [7, 11) is 0. The second-order valence-corrected chi connectivity index (χ2v) is 4.40. The number of carboxylic acid groups (broad SMARTS) is 1. The van der Waals surface area contributed by atoms with Gasteiger partial charge in [0, 0.05) is 0 Å². The van der Waals surface area contributed by atoms with Crippen LogP contribution in [0.2, 0.25) is 0 Å². The highest BCUT2D eigenvalue weighted by Gasteiger charge is 2.02. The zero-order chi connectivity index (χ0) is 15.2. The number of aromatic carboxylic acids is 1. The highest BCUT2D eigenvalue weighted by atomic mass is 19.1. The first kappa shape index (κ1) is 14.7. The van der Waals surface area contributed by atoms with E-state index in [-0.39, 0.29) is 11.4 Å². The van der Waals surface area contributed by atoms with E-state index in [1.165, 1.54) is 24.3 Å². The van der Waals surface area contributed by atoms with Crippen molar-refractivity contribution in [2.75, 3.05) is 5.43 Å². The predicted molar refractivity (Wildman–Crippen MR) is 77.6 cm³/mol. The summed E-state index contributed by atoms with van der Waals surface area (Å²) < 4.78 is 12.9. The summed E-state index contributed by atoms with van der Waals surface area (Å²) in [5.41, 5.74) is 5.23. The molecule has 0 unspecified atom stereocenters. The minimum atomic E-state index is -1.22. The molecule has 0 aliphatic rings. The zero-order valence-corrected chi connectivity index (χ0v) is 11.5. The molecular weight excluding hydrogens is 271 g/mol. The number of carbonyl (C=O) groups excluding carboxylic acids is 1. The largest absolute Gasteiger partial charge is 0.545 e. The molecular formula is C16H14FN2O2-. The molecule has 108 valence electrons. The number of hydrogen-bond donors (Lipinski definition) is 1. The number of benzene rings is 2. The van der Waals surface area contributed by atoms with E-state index in [0.717, 1.165) is 11.3 Å². The van der Waals surface area contributed by atoms with Gasteiger partial charge in [-0.05, 0) is 41.8 Å². The second-order valence-electron chi connectivity index (χ2n) is 4.40. The van der Waals surface area contributed by atoms with Gasteiger partial charge in [0.25, 0.3) is 0 Å². The van der Waals surface area contributed by atoms with E-state index in [4.69, 9.17) is 0 Å². The van der Waals surface area contributed by atoms with Crippen molar-refractivity contribution in [2.24, 2.45) is 5.10 Å². The maximum atomic E-state index is 12.9. The Kier molecular flexibility index (Phi) is 4.66. The minimum absolute atomic E-state index is 0.110. The van der Waals surface area contributed by atoms with Crippen molar-refractivity contribution in [3.8, 4) is 0 Å². The number of anilines is 1. The lowest BCUT2D eigenvalue weighted by Gasteiger charge is -2.07. The standard InChI is InChI=1S/C16H15FN2O2/c1-2-15(11-3-7-13(17)8-4-11)19-18-14-9-5-12(6-10-14)16(20)21/h3-10,18H,2H2,1H3,(H,20,21)/p-1/b19-15-. The molecule has 0 saturated carbocycles. The Balaban J connectivity index is 2.13. The molecule has 0 atom stereocenters. The van der Waals surface area contributed by atoms with Crippen LogP contribution in [0.1, 0.15) is 29.3 Å². The summed E-state index contributed by atoms with van der Waals surface area (Å²) >= 11 is 0. The Morgan fingerprint density at radius 3 is 2.19 bits per heavy atom. The summed E-state index contributed by atoms with van der Waals surface area (Å²) in [5.74, 6) is -1.51. The van der Waals surface area contributed by atoms with E-state index in [9.17, 15) is 14.3 Å². The molecule has 21 heavy (non-hydrogen) atoms. The summed E-state index contributed by atoms with van der Waals surface area (Å²) in [6, 6.07) is 12.2. The first-order valence-corrected chi connectivity index (χ1v) is 6.50. The van der Waals surface area contributed by atoms with Gasteiger partial charge in [-0.25, -0.2) is 4.39 Å². The maximum absolute atomic E-state index is 12.9. The number of halogens is 1. The normalized spacial score (nSPS) is 11.2. The van der Waals surface area contributed by atoms with Crippen LogP contribution in [0.4, 0.5) is 10.1 Å². The van der Waals surface area contributed by atoms with Crippen molar-refractivity contribution < 1.29 is 14.3 Å². The van der Waals surface area contributed by atoms with Crippen molar-refractivity contribution in [3.63, 3.8) is 0 Å². The Morgan fingerprint density at radius 1 is 1.10 bits per heavy atom. The molecule has 0 amide bonds. The molecule has 0 aromatic heterocycles. The fraction of sp³-hybridized carbons (Fsp3) is 0.125. The number of nitrogens with zero attached hydrogens (tertiary/aromatic N) is 1. The predicted octanol–water partition coefficient (Wildman–Crippen LogP) is 2.42. The molecule has 0 aliphatic carbocycles. The molecule has 2 aromatic carbocycles. The zero-order valence-electron chi connectivity index (χ0n) is 11.5. The lowest BCUT2D eigenvalue weighted by Crippen LogP contribution is -2.21. The lowest BCUT2D eigenvalue weighted by molar-refractivity contribution is -0.255. The van der Waals surface area contributed by atoms with Gasteiger partial charge in [-0.1, -0.05) is 31.2 Å². The molecule has 1 N–H and O–H groups in total. The molecule has 2 rings (SSSR count). The molecule has 0 spiro atoms. The van der Waals surface area contributed by atoms with Gasteiger partial charge in [-0.15, -0.1) is 0 Å². The number of nitrogens with one attached hydrogen (secondary N) is 1. The smallest absolute Gasteiger partial charge is 0.123 e. The summed E-state index contributed by atoms with van der Waals surface area (Å²) in [4.78, 5) is 10.6.